The molecule has 1 heterocycles. The van der Waals surface area contributed by atoms with E-state index in [1.807, 2.05) is 6.07 Å². The fourth-order valence-electron chi connectivity index (χ4n) is 1.38. The van der Waals surface area contributed by atoms with E-state index < -0.39 is 0 Å². The summed E-state index contributed by atoms with van der Waals surface area (Å²) < 4.78 is 4.52. The Morgan fingerprint density at radius 3 is 3.23 bits per heavy atom. The van der Waals surface area contributed by atoms with Crippen LogP contribution < -0.4 is 5.32 Å². The predicted octanol–water partition coefficient (Wildman–Crippen LogP) is 1.96. The molecule has 2 atom stereocenters. The molecule has 1 aliphatic carbocycles. The van der Waals surface area contributed by atoms with Crippen molar-refractivity contribution in [2.75, 3.05) is 7.11 Å². The van der Waals surface area contributed by atoms with E-state index in [1.54, 1.807) is 11.3 Å². The number of carbonyl (C=O) groups excluding carboxylic acids is 1. The molecule has 3 nitrogen and oxygen atoms in total. The van der Waals surface area contributed by atoms with Crippen LogP contribution >= 0.6 is 11.3 Å². The lowest BCUT2D eigenvalue weighted by Gasteiger charge is -2.00. The van der Waals surface area contributed by atoms with E-state index >= 15 is 0 Å². The normalized spacial score (nSPS) is 25.3. The van der Waals surface area contributed by atoms with Crippen LogP contribution in [0.2, 0.25) is 0 Å². The third-order valence-electron chi connectivity index (χ3n) is 2.19. The summed E-state index contributed by atoms with van der Waals surface area (Å²) in [6.45, 7) is 0. The summed E-state index contributed by atoms with van der Waals surface area (Å²) in [4.78, 5) is 12.2. The van der Waals surface area contributed by atoms with E-state index in [1.165, 1.54) is 12.0 Å². The average molecular weight is 197 g/mol. The number of ether oxygens (including phenoxy) is 1. The van der Waals surface area contributed by atoms with Gasteiger partial charge in [0.15, 0.2) is 0 Å². The molecule has 0 radical (unpaired) electrons. The van der Waals surface area contributed by atoms with E-state index in [0.717, 1.165) is 6.42 Å². The Kier molecular flexibility index (Phi) is 2.22. The minimum atomic E-state index is -0.330. The molecular formula is C9H11NO2S. The largest absolute Gasteiger partial charge is 0.453 e. The third kappa shape index (κ3) is 1.83. The Morgan fingerprint density at radius 2 is 2.62 bits per heavy atom. The molecule has 0 aliphatic heterocycles. The number of methoxy groups -OCH3 is 1. The maximum absolute atomic E-state index is 10.8. The number of amides is 1. The van der Waals surface area contributed by atoms with Crippen LogP contribution in [0.1, 0.15) is 17.2 Å². The lowest BCUT2D eigenvalue weighted by Crippen LogP contribution is -2.25. The van der Waals surface area contributed by atoms with E-state index in [4.69, 9.17) is 0 Å². The molecule has 1 aromatic rings. The molecular weight excluding hydrogens is 186 g/mol. The molecule has 1 aromatic heterocycles. The second-order valence-corrected chi connectivity index (χ2v) is 4.08. The highest BCUT2D eigenvalue weighted by Crippen LogP contribution is 2.42. The van der Waals surface area contributed by atoms with Gasteiger partial charge in [0.1, 0.15) is 0 Å². The van der Waals surface area contributed by atoms with Gasteiger partial charge in [0.2, 0.25) is 0 Å². The maximum Gasteiger partial charge on any atom is 0.407 e. The summed E-state index contributed by atoms with van der Waals surface area (Å²) in [6.07, 6.45) is 0.708. The SMILES string of the molecule is COC(=O)NC1CC1c1cccs1. The van der Waals surface area contributed by atoms with Gasteiger partial charge in [-0.15, -0.1) is 11.3 Å². The zero-order valence-corrected chi connectivity index (χ0v) is 8.14. The van der Waals surface area contributed by atoms with Crippen molar-refractivity contribution in [3.05, 3.63) is 22.4 Å². The molecule has 1 aliphatic rings. The number of rotatable bonds is 2. The van der Waals surface area contributed by atoms with Crippen molar-refractivity contribution in [1.29, 1.82) is 0 Å². The molecule has 1 fully saturated rings. The van der Waals surface area contributed by atoms with Crippen LogP contribution in [-0.2, 0) is 4.74 Å². The first-order chi connectivity index (χ1) is 6.31. The second-order valence-electron chi connectivity index (χ2n) is 3.10. The predicted molar refractivity (Wildman–Crippen MR) is 51.0 cm³/mol. The van der Waals surface area contributed by atoms with Gasteiger partial charge in [-0.25, -0.2) is 4.79 Å². The number of nitrogens with one attached hydrogen (secondary N) is 1. The quantitative estimate of drug-likeness (QED) is 0.787. The lowest BCUT2D eigenvalue weighted by molar-refractivity contribution is 0.170. The van der Waals surface area contributed by atoms with Gasteiger partial charge in [-0.2, -0.15) is 0 Å². The summed E-state index contributed by atoms with van der Waals surface area (Å²) in [7, 11) is 1.39. The van der Waals surface area contributed by atoms with E-state index in [-0.39, 0.29) is 12.1 Å². The van der Waals surface area contributed by atoms with Gasteiger partial charge in [-0.3, -0.25) is 0 Å². The fraction of sp³-hybridized carbons (Fsp3) is 0.444. The molecule has 1 saturated carbocycles. The van der Waals surface area contributed by atoms with Gasteiger partial charge in [0.25, 0.3) is 0 Å². The smallest absolute Gasteiger partial charge is 0.407 e. The van der Waals surface area contributed by atoms with Crippen molar-refractivity contribution < 1.29 is 9.53 Å². The van der Waals surface area contributed by atoms with Crippen LogP contribution in [-0.4, -0.2) is 19.2 Å². The van der Waals surface area contributed by atoms with Crippen LogP contribution in [0, 0.1) is 0 Å². The van der Waals surface area contributed by atoms with E-state index in [0.29, 0.717) is 5.92 Å². The molecule has 0 bridgehead atoms. The molecule has 2 unspecified atom stereocenters. The first-order valence-corrected chi connectivity index (χ1v) is 5.07. The zero-order valence-electron chi connectivity index (χ0n) is 7.32. The van der Waals surface area contributed by atoms with Crippen molar-refractivity contribution in [2.45, 2.75) is 18.4 Å². The highest BCUT2D eigenvalue weighted by Gasteiger charge is 2.40. The van der Waals surface area contributed by atoms with Gasteiger partial charge in [-0.05, 0) is 17.9 Å². The molecule has 1 N–H and O–H groups in total. The minimum Gasteiger partial charge on any atom is -0.453 e. The molecule has 0 spiro atoms. The monoisotopic (exact) mass is 197 g/mol. The molecule has 70 valence electrons. The van der Waals surface area contributed by atoms with E-state index in [9.17, 15) is 4.79 Å². The van der Waals surface area contributed by atoms with Crippen molar-refractivity contribution in [2.24, 2.45) is 0 Å². The summed E-state index contributed by atoms with van der Waals surface area (Å²) in [5.74, 6) is 0.513. The third-order valence-corrected chi connectivity index (χ3v) is 3.19. The van der Waals surface area contributed by atoms with Crippen molar-refractivity contribution >= 4 is 17.4 Å². The number of carbonyl (C=O) groups is 1. The average Bonchev–Trinajstić information content (AvgIpc) is 2.68. The van der Waals surface area contributed by atoms with Crippen molar-refractivity contribution in [3.8, 4) is 0 Å². The first-order valence-electron chi connectivity index (χ1n) is 4.19. The van der Waals surface area contributed by atoms with Crippen LogP contribution in [0.15, 0.2) is 17.5 Å². The van der Waals surface area contributed by atoms with E-state index in [2.05, 4.69) is 21.5 Å². The van der Waals surface area contributed by atoms with Crippen LogP contribution in [0.3, 0.4) is 0 Å². The highest BCUT2D eigenvalue weighted by molar-refractivity contribution is 7.10. The number of alkyl carbamates (subject to hydrolysis) is 1. The highest BCUT2D eigenvalue weighted by atomic mass is 32.1. The lowest BCUT2D eigenvalue weighted by atomic mass is 10.3. The summed E-state index contributed by atoms with van der Waals surface area (Å²) >= 11 is 1.74. The summed E-state index contributed by atoms with van der Waals surface area (Å²) in [6, 6.07) is 4.42. The van der Waals surface area contributed by atoms with Crippen LogP contribution in [0.5, 0.6) is 0 Å². The standard InChI is InChI=1S/C9H11NO2S/c1-12-9(11)10-7-5-6(7)8-3-2-4-13-8/h2-4,6-7H,5H2,1H3,(H,10,11). The van der Waals surface area contributed by atoms with Gasteiger partial charge < -0.3 is 10.1 Å². The van der Waals surface area contributed by atoms with Gasteiger partial charge in [0.05, 0.1) is 7.11 Å². The Labute approximate surface area is 80.7 Å². The van der Waals surface area contributed by atoms with Crippen LogP contribution in [0.25, 0.3) is 0 Å². The van der Waals surface area contributed by atoms with Crippen LogP contribution in [0.4, 0.5) is 4.79 Å². The summed E-state index contributed by atoms with van der Waals surface area (Å²) in [5, 5.41) is 4.85. The van der Waals surface area contributed by atoms with Gasteiger partial charge in [0, 0.05) is 16.8 Å². The number of thiophene rings is 1. The zero-order chi connectivity index (χ0) is 9.26. The number of hydrogen-bond acceptors (Lipinski definition) is 3. The minimum absolute atomic E-state index is 0.283. The molecule has 1 amide bonds. The Balaban J connectivity index is 1.86. The molecule has 0 aromatic carbocycles. The van der Waals surface area contributed by atoms with Crippen molar-refractivity contribution in [1.82, 2.24) is 5.32 Å². The fourth-order valence-corrected chi connectivity index (χ4v) is 2.29. The number of hydrogen-bond donors (Lipinski definition) is 1. The second kappa shape index (κ2) is 3.38. The molecule has 13 heavy (non-hydrogen) atoms. The van der Waals surface area contributed by atoms with Crippen molar-refractivity contribution in [3.63, 3.8) is 0 Å². The maximum atomic E-state index is 10.8. The molecule has 0 saturated heterocycles. The summed E-state index contributed by atoms with van der Waals surface area (Å²) in [5.41, 5.74) is 0. The Bertz CT molecular complexity index is 297. The Morgan fingerprint density at radius 1 is 1.77 bits per heavy atom. The Hall–Kier alpha value is -1.03. The molecule has 2 rings (SSSR count). The van der Waals surface area contributed by atoms with Gasteiger partial charge in [-0.1, -0.05) is 6.07 Å². The topological polar surface area (TPSA) is 38.3 Å². The van der Waals surface area contributed by atoms with Gasteiger partial charge >= 0.3 is 6.09 Å². The molecule has 4 heteroatoms. The first kappa shape index (κ1) is 8.56.